The topological polar surface area (TPSA) is 23.0 Å². The first kappa shape index (κ1) is 29.1. The zero-order valence-electron chi connectivity index (χ0n) is 29.6. The third kappa shape index (κ3) is 3.79. The van der Waals surface area contributed by atoms with E-state index in [1.807, 2.05) is 0 Å². The summed E-state index contributed by atoms with van der Waals surface area (Å²) in [4.78, 5) is 0. The number of aromatic nitrogens is 2. The monoisotopic (exact) mass is 698 g/mol. The molecule has 9 aromatic carbocycles. The van der Waals surface area contributed by atoms with Gasteiger partial charge in [-0.3, -0.25) is 0 Å². The van der Waals surface area contributed by atoms with Crippen LogP contribution in [0.15, 0.2) is 186 Å². The smallest absolute Gasteiger partial charge is 0.160 e. The third-order valence-electron chi connectivity index (χ3n) is 12.0. The molecule has 0 amide bonds. The minimum Gasteiger partial charge on any atom is -0.454 e. The van der Waals surface area contributed by atoms with E-state index < -0.39 is 0 Å². The van der Waals surface area contributed by atoms with Crippen LogP contribution >= 0.6 is 0 Å². The normalized spacial score (nSPS) is 12.4. The lowest BCUT2D eigenvalue weighted by Crippen LogP contribution is -2.00. The van der Waals surface area contributed by atoms with Gasteiger partial charge in [-0.15, -0.1) is 0 Å². The van der Waals surface area contributed by atoms with Crippen molar-refractivity contribution < 1.29 is 4.42 Å². The Labute approximate surface area is 315 Å². The third-order valence-corrected chi connectivity index (χ3v) is 12.0. The van der Waals surface area contributed by atoms with Gasteiger partial charge in [0, 0.05) is 43.4 Å². The molecule has 12 aromatic rings. The summed E-state index contributed by atoms with van der Waals surface area (Å²) in [5.74, 6) is 0. The molecule has 0 radical (unpaired) electrons. The molecule has 1 aliphatic carbocycles. The van der Waals surface area contributed by atoms with Crippen LogP contribution in [-0.2, 0) is 0 Å². The van der Waals surface area contributed by atoms with Gasteiger partial charge in [-0.2, -0.15) is 0 Å². The lowest BCUT2D eigenvalue weighted by Gasteiger charge is -2.16. The van der Waals surface area contributed by atoms with Crippen molar-refractivity contribution >= 4 is 76.3 Å². The Balaban J connectivity index is 1.25. The maximum atomic E-state index is 6.90. The van der Waals surface area contributed by atoms with Gasteiger partial charge in [-0.25, -0.2) is 0 Å². The van der Waals surface area contributed by atoms with E-state index in [-0.39, 0.29) is 0 Å². The van der Waals surface area contributed by atoms with Crippen LogP contribution in [0, 0.1) is 0 Å². The van der Waals surface area contributed by atoms with Crippen molar-refractivity contribution in [2.45, 2.75) is 0 Å². The summed E-state index contributed by atoms with van der Waals surface area (Å²) in [7, 11) is 0. The Morgan fingerprint density at radius 2 is 0.945 bits per heavy atom. The molecule has 1 aliphatic rings. The van der Waals surface area contributed by atoms with Gasteiger partial charge in [-0.1, -0.05) is 146 Å². The molecule has 3 heterocycles. The van der Waals surface area contributed by atoms with Gasteiger partial charge < -0.3 is 13.6 Å². The molecule has 254 valence electrons. The molecule has 3 nitrogen and oxygen atoms in total. The summed E-state index contributed by atoms with van der Waals surface area (Å²) in [6.07, 6.45) is 0. The van der Waals surface area contributed by atoms with Crippen molar-refractivity contribution in [3.63, 3.8) is 0 Å². The first-order valence-electron chi connectivity index (χ1n) is 18.9. The number of para-hydroxylation sites is 2. The number of nitrogens with zero attached hydrogens (tertiary/aromatic N) is 2. The molecule has 0 atom stereocenters. The standard InChI is InChI=1S/C52H30N2O/c1-2-12-31(13-3-1)32-14-10-15-33(30-32)53-45-22-8-6-18-36(45)40-24-25-41-42-26-27-43-37-19-7-9-23-47(37)55-52(43)51(42)54(50(41)49(40)53)46-29-28-39-35-17-5-4-16-34(35)38-20-11-21-44(46)48(38)39/h1-30H. The average Bonchev–Trinajstić information content (AvgIpc) is 3.99. The van der Waals surface area contributed by atoms with E-state index >= 15 is 0 Å². The maximum Gasteiger partial charge on any atom is 0.160 e. The first-order valence-corrected chi connectivity index (χ1v) is 18.9. The van der Waals surface area contributed by atoms with Crippen molar-refractivity contribution in [2.24, 2.45) is 0 Å². The summed E-state index contributed by atoms with van der Waals surface area (Å²) in [5, 5.41) is 9.59. The first-order chi connectivity index (χ1) is 27.3. The molecule has 55 heavy (non-hydrogen) atoms. The highest BCUT2D eigenvalue weighted by molar-refractivity contribution is 6.29. The molecular formula is C52H30N2O. The molecule has 0 spiro atoms. The Morgan fingerprint density at radius 3 is 1.80 bits per heavy atom. The van der Waals surface area contributed by atoms with Gasteiger partial charge in [-0.05, 0) is 75.2 Å². The number of fused-ring (bicyclic) bond motifs is 14. The van der Waals surface area contributed by atoms with E-state index in [1.165, 1.54) is 76.7 Å². The van der Waals surface area contributed by atoms with Crippen LogP contribution in [0.5, 0.6) is 0 Å². The van der Waals surface area contributed by atoms with E-state index in [2.05, 4.69) is 191 Å². The van der Waals surface area contributed by atoms with Crippen molar-refractivity contribution in [3.05, 3.63) is 182 Å². The fraction of sp³-hybridized carbons (Fsp3) is 0. The van der Waals surface area contributed by atoms with Gasteiger partial charge in [0.15, 0.2) is 5.58 Å². The lowest BCUT2D eigenvalue weighted by atomic mass is 10.0. The van der Waals surface area contributed by atoms with Crippen molar-refractivity contribution in [3.8, 4) is 44.8 Å². The highest BCUT2D eigenvalue weighted by atomic mass is 16.3. The minimum absolute atomic E-state index is 0.898. The second-order valence-electron chi connectivity index (χ2n) is 14.8. The van der Waals surface area contributed by atoms with Crippen LogP contribution in [0.4, 0.5) is 0 Å². The Morgan fingerprint density at radius 1 is 0.345 bits per heavy atom. The number of hydrogen-bond acceptors (Lipinski definition) is 1. The van der Waals surface area contributed by atoms with E-state index in [1.54, 1.807) is 0 Å². The maximum absolute atomic E-state index is 6.90. The van der Waals surface area contributed by atoms with Crippen LogP contribution in [0.25, 0.3) is 121 Å². The fourth-order valence-corrected chi connectivity index (χ4v) is 9.76. The van der Waals surface area contributed by atoms with Gasteiger partial charge >= 0.3 is 0 Å². The molecule has 0 unspecified atom stereocenters. The molecule has 0 bridgehead atoms. The van der Waals surface area contributed by atoms with Crippen LogP contribution in [0.3, 0.4) is 0 Å². The number of rotatable bonds is 3. The van der Waals surface area contributed by atoms with Crippen LogP contribution in [0.1, 0.15) is 0 Å². The van der Waals surface area contributed by atoms with E-state index in [0.29, 0.717) is 0 Å². The largest absolute Gasteiger partial charge is 0.454 e. The number of benzene rings is 9. The average molecular weight is 699 g/mol. The zero-order valence-corrected chi connectivity index (χ0v) is 29.6. The van der Waals surface area contributed by atoms with Gasteiger partial charge in [0.1, 0.15) is 5.58 Å². The molecule has 3 heteroatoms. The van der Waals surface area contributed by atoms with Crippen LogP contribution in [0.2, 0.25) is 0 Å². The van der Waals surface area contributed by atoms with E-state index in [9.17, 15) is 0 Å². The number of furan rings is 1. The lowest BCUT2D eigenvalue weighted by molar-refractivity contribution is 0.671. The molecular weight excluding hydrogens is 669 g/mol. The van der Waals surface area contributed by atoms with Crippen LogP contribution in [-0.4, -0.2) is 9.13 Å². The second kappa shape index (κ2) is 10.6. The Kier molecular flexibility index (Phi) is 5.63. The molecule has 0 fully saturated rings. The number of hydrogen-bond donors (Lipinski definition) is 0. The molecule has 0 aliphatic heterocycles. The predicted molar refractivity (Wildman–Crippen MR) is 230 cm³/mol. The molecule has 3 aromatic heterocycles. The molecule has 0 N–H and O–H groups in total. The highest BCUT2D eigenvalue weighted by Gasteiger charge is 2.27. The molecule has 0 saturated carbocycles. The zero-order chi connectivity index (χ0) is 35.8. The van der Waals surface area contributed by atoms with Gasteiger partial charge in [0.05, 0.1) is 27.8 Å². The summed E-state index contributed by atoms with van der Waals surface area (Å²) < 4.78 is 11.9. The molecule has 13 rings (SSSR count). The van der Waals surface area contributed by atoms with Crippen LogP contribution < -0.4 is 0 Å². The van der Waals surface area contributed by atoms with E-state index in [4.69, 9.17) is 4.42 Å². The summed E-state index contributed by atoms with van der Waals surface area (Å²) in [6.45, 7) is 0. The van der Waals surface area contributed by atoms with Gasteiger partial charge in [0.25, 0.3) is 0 Å². The predicted octanol–water partition coefficient (Wildman–Crippen LogP) is 14.2. The van der Waals surface area contributed by atoms with E-state index in [0.717, 1.165) is 44.3 Å². The Hall–Kier alpha value is -7.36. The van der Waals surface area contributed by atoms with Crippen molar-refractivity contribution in [1.29, 1.82) is 0 Å². The highest BCUT2D eigenvalue weighted by Crippen LogP contribution is 2.51. The molecule has 0 saturated heterocycles. The minimum atomic E-state index is 0.898. The SMILES string of the molecule is c1ccc(-c2cccc(-n3c4ccccc4c4ccc5c6ccc7c8ccccc8oc7c6n(-c6ccc7c8c(cccc68)-c6ccccc6-7)c5c43)c2)cc1. The Bertz CT molecular complexity index is 3570. The van der Waals surface area contributed by atoms with Crippen molar-refractivity contribution in [2.75, 3.05) is 0 Å². The summed E-state index contributed by atoms with van der Waals surface area (Å²) >= 11 is 0. The fourth-order valence-electron chi connectivity index (χ4n) is 9.76. The summed E-state index contributed by atoms with van der Waals surface area (Å²) in [5.41, 5.74) is 16.2. The second-order valence-corrected chi connectivity index (χ2v) is 14.8. The van der Waals surface area contributed by atoms with Gasteiger partial charge in [0.2, 0.25) is 0 Å². The van der Waals surface area contributed by atoms with Crippen molar-refractivity contribution in [1.82, 2.24) is 9.13 Å². The quantitative estimate of drug-likeness (QED) is 0.180. The summed E-state index contributed by atoms with van der Waals surface area (Å²) in [6, 6.07) is 66.4.